The topological polar surface area (TPSA) is 68.6 Å². The van der Waals surface area contributed by atoms with Crippen LogP contribution in [0.25, 0.3) is 0 Å². The normalized spacial score (nSPS) is 17.5. The van der Waals surface area contributed by atoms with E-state index in [4.69, 9.17) is 9.47 Å². The molecule has 0 aliphatic carbocycles. The molecule has 1 saturated heterocycles. The van der Waals surface area contributed by atoms with Crippen LogP contribution in [-0.2, 0) is 13.1 Å². The smallest absolute Gasteiger partial charge is 0.318 e. The molecule has 0 radical (unpaired) electrons. The molecule has 31 heavy (non-hydrogen) atoms. The highest BCUT2D eigenvalue weighted by Crippen LogP contribution is 2.38. The van der Waals surface area contributed by atoms with Gasteiger partial charge in [0, 0.05) is 32.0 Å². The van der Waals surface area contributed by atoms with E-state index in [-0.39, 0.29) is 12.1 Å². The van der Waals surface area contributed by atoms with E-state index in [2.05, 4.69) is 22.4 Å². The number of carbonyl (C=O) groups excluding carboxylic acids is 1. The molecule has 0 bridgehead atoms. The van der Waals surface area contributed by atoms with Crippen LogP contribution >= 0.6 is 0 Å². The molecule has 0 unspecified atom stereocenters. The number of nitrogens with zero attached hydrogens (tertiary/aromatic N) is 3. The fourth-order valence-corrected chi connectivity index (χ4v) is 4.33. The summed E-state index contributed by atoms with van der Waals surface area (Å²) in [7, 11) is 0. The molecule has 7 heteroatoms. The summed E-state index contributed by atoms with van der Waals surface area (Å²) >= 11 is 0. The van der Waals surface area contributed by atoms with Crippen LogP contribution in [0.2, 0.25) is 0 Å². The third-order valence-electron chi connectivity index (χ3n) is 5.82. The van der Waals surface area contributed by atoms with E-state index in [1.807, 2.05) is 46.0 Å². The molecule has 1 aromatic heterocycles. The summed E-state index contributed by atoms with van der Waals surface area (Å²) in [5.41, 5.74) is 3.36. The van der Waals surface area contributed by atoms with Crippen molar-refractivity contribution in [1.29, 1.82) is 0 Å². The van der Waals surface area contributed by atoms with Gasteiger partial charge in [0.25, 0.3) is 0 Å². The molecule has 1 atom stereocenters. The predicted molar refractivity (Wildman–Crippen MR) is 116 cm³/mol. The Bertz CT molecular complexity index is 1050. The van der Waals surface area contributed by atoms with Crippen LogP contribution in [-0.4, -0.2) is 40.2 Å². The standard InChI is InChI=1S/C24H26N4O3/c29-24(26-15-18-3-1-4-19(13-18)16-27-10-8-25-17-27)28-9-2-5-21(28)20-6-7-22-23(14-20)31-12-11-30-22/h1,3-4,6-8,10,13-14,17,21H,2,5,9,11-12,15-16H2,(H,26,29)/t21-/m1/s1. The van der Waals surface area contributed by atoms with Crippen molar-refractivity contribution >= 4 is 6.03 Å². The summed E-state index contributed by atoms with van der Waals surface area (Å²) < 4.78 is 13.4. The molecule has 2 amide bonds. The lowest BCUT2D eigenvalue weighted by Crippen LogP contribution is -2.39. The molecule has 0 spiro atoms. The zero-order valence-corrected chi connectivity index (χ0v) is 17.4. The third kappa shape index (κ3) is 4.35. The summed E-state index contributed by atoms with van der Waals surface area (Å²) in [6, 6.07) is 14.3. The average molecular weight is 418 g/mol. The number of nitrogens with one attached hydrogen (secondary N) is 1. The van der Waals surface area contributed by atoms with Crippen molar-refractivity contribution in [3.63, 3.8) is 0 Å². The minimum atomic E-state index is -0.0302. The first kappa shape index (κ1) is 19.5. The molecule has 2 aliphatic heterocycles. The van der Waals surface area contributed by atoms with Crippen molar-refractivity contribution in [1.82, 2.24) is 19.8 Å². The van der Waals surface area contributed by atoms with Gasteiger partial charge in [-0.2, -0.15) is 0 Å². The van der Waals surface area contributed by atoms with Crippen LogP contribution in [0.1, 0.15) is 35.6 Å². The second kappa shape index (κ2) is 8.71. The van der Waals surface area contributed by atoms with Crippen LogP contribution in [0.3, 0.4) is 0 Å². The van der Waals surface area contributed by atoms with Crippen molar-refractivity contribution < 1.29 is 14.3 Å². The Labute approximate surface area is 181 Å². The molecular formula is C24H26N4O3. The largest absolute Gasteiger partial charge is 0.486 e. The average Bonchev–Trinajstić information content (AvgIpc) is 3.50. The van der Waals surface area contributed by atoms with Crippen molar-refractivity contribution in [3.8, 4) is 11.5 Å². The lowest BCUT2D eigenvalue weighted by atomic mass is 10.0. The van der Waals surface area contributed by atoms with Crippen LogP contribution in [0.4, 0.5) is 4.79 Å². The Hall–Kier alpha value is -3.48. The highest BCUT2D eigenvalue weighted by Gasteiger charge is 2.30. The highest BCUT2D eigenvalue weighted by molar-refractivity contribution is 5.75. The minimum Gasteiger partial charge on any atom is -0.486 e. The van der Waals surface area contributed by atoms with Gasteiger partial charge in [-0.25, -0.2) is 9.78 Å². The Kier molecular flexibility index (Phi) is 5.48. The second-order valence-electron chi connectivity index (χ2n) is 7.97. The van der Waals surface area contributed by atoms with Gasteiger partial charge in [-0.15, -0.1) is 0 Å². The number of fused-ring (bicyclic) bond motifs is 1. The molecule has 7 nitrogen and oxygen atoms in total. The van der Waals surface area contributed by atoms with E-state index >= 15 is 0 Å². The van der Waals surface area contributed by atoms with E-state index in [0.29, 0.717) is 19.8 Å². The summed E-state index contributed by atoms with van der Waals surface area (Å²) in [5.74, 6) is 1.55. The summed E-state index contributed by atoms with van der Waals surface area (Å²) in [5, 5.41) is 3.10. The Morgan fingerprint density at radius 1 is 1.10 bits per heavy atom. The van der Waals surface area contributed by atoms with Crippen molar-refractivity contribution in [3.05, 3.63) is 77.9 Å². The monoisotopic (exact) mass is 418 g/mol. The Morgan fingerprint density at radius 2 is 1.97 bits per heavy atom. The molecular weight excluding hydrogens is 392 g/mol. The van der Waals surface area contributed by atoms with Gasteiger partial charge in [0.05, 0.1) is 12.4 Å². The number of carbonyl (C=O) groups is 1. The van der Waals surface area contributed by atoms with Gasteiger partial charge < -0.3 is 24.3 Å². The lowest BCUT2D eigenvalue weighted by molar-refractivity contribution is 0.170. The number of likely N-dealkylation sites (tertiary alicyclic amines) is 1. The zero-order valence-electron chi connectivity index (χ0n) is 17.4. The number of imidazole rings is 1. The molecule has 1 N–H and O–H groups in total. The first-order valence-corrected chi connectivity index (χ1v) is 10.7. The molecule has 3 heterocycles. The van der Waals surface area contributed by atoms with Gasteiger partial charge in [0.15, 0.2) is 11.5 Å². The number of hydrogen-bond donors (Lipinski definition) is 1. The van der Waals surface area contributed by atoms with Crippen LogP contribution in [0, 0.1) is 0 Å². The number of ether oxygens (including phenoxy) is 2. The van der Waals surface area contributed by atoms with Gasteiger partial charge in [-0.1, -0.05) is 30.3 Å². The molecule has 1 fully saturated rings. The first-order valence-electron chi connectivity index (χ1n) is 10.7. The maximum atomic E-state index is 13.0. The molecule has 2 aliphatic rings. The summed E-state index contributed by atoms with van der Waals surface area (Å²) in [6.07, 6.45) is 7.47. The van der Waals surface area contributed by atoms with Crippen molar-refractivity contribution in [2.45, 2.75) is 32.0 Å². The number of urea groups is 1. The quantitative estimate of drug-likeness (QED) is 0.685. The van der Waals surface area contributed by atoms with E-state index < -0.39 is 0 Å². The fourth-order valence-electron chi connectivity index (χ4n) is 4.33. The van der Waals surface area contributed by atoms with Gasteiger partial charge in [0.1, 0.15) is 13.2 Å². The van der Waals surface area contributed by atoms with E-state index in [1.54, 1.807) is 12.5 Å². The van der Waals surface area contributed by atoms with Gasteiger partial charge in [-0.3, -0.25) is 0 Å². The molecule has 3 aromatic rings. The minimum absolute atomic E-state index is 0.0302. The third-order valence-corrected chi connectivity index (χ3v) is 5.82. The summed E-state index contributed by atoms with van der Waals surface area (Å²) in [4.78, 5) is 19.0. The number of amides is 2. The van der Waals surface area contributed by atoms with Crippen LogP contribution in [0.5, 0.6) is 11.5 Å². The second-order valence-corrected chi connectivity index (χ2v) is 7.97. The van der Waals surface area contributed by atoms with Crippen molar-refractivity contribution in [2.75, 3.05) is 19.8 Å². The Morgan fingerprint density at radius 3 is 2.84 bits per heavy atom. The molecule has 2 aromatic carbocycles. The van der Waals surface area contributed by atoms with E-state index in [1.165, 1.54) is 5.56 Å². The number of aromatic nitrogens is 2. The Balaban J connectivity index is 1.23. The fraction of sp³-hybridized carbons (Fsp3) is 0.333. The van der Waals surface area contributed by atoms with Crippen LogP contribution < -0.4 is 14.8 Å². The number of rotatable bonds is 5. The summed E-state index contributed by atoms with van der Waals surface area (Å²) in [6.45, 7) is 3.16. The van der Waals surface area contributed by atoms with Gasteiger partial charge in [0.2, 0.25) is 0 Å². The molecule has 160 valence electrons. The van der Waals surface area contributed by atoms with E-state index in [9.17, 15) is 4.79 Å². The maximum Gasteiger partial charge on any atom is 0.318 e. The SMILES string of the molecule is O=C(NCc1cccc(Cn2ccnc2)c1)N1CCC[C@@H]1c1ccc2c(c1)OCCO2. The van der Waals surface area contributed by atoms with Gasteiger partial charge >= 0.3 is 6.03 Å². The van der Waals surface area contributed by atoms with Crippen LogP contribution in [0.15, 0.2) is 61.2 Å². The predicted octanol–water partition coefficient (Wildman–Crippen LogP) is 3.75. The maximum absolute atomic E-state index is 13.0. The van der Waals surface area contributed by atoms with E-state index in [0.717, 1.165) is 48.6 Å². The first-order chi connectivity index (χ1) is 15.3. The van der Waals surface area contributed by atoms with Gasteiger partial charge in [-0.05, 0) is 41.7 Å². The molecule has 5 rings (SSSR count). The molecule has 0 saturated carbocycles. The number of hydrogen-bond acceptors (Lipinski definition) is 4. The number of benzene rings is 2. The highest BCUT2D eigenvalue weighted by atomic mass is 16.6. The zero-order chi connectivity index (χ0) is 21.0. The lowest BCUT2D eigenvalue weighted by Gasteiger charge is -2.27. The van der Waals surface area contributed by atoms with Crippen molar-refractivity contribution in [2.24, 2.45) is 0 Å².